The fourth-order valence-corrected chi connectivity index (χ4v) is 3.07. The van der Waals surface area contributed by atoms with Crippen LogP contribution >= 0.6 is 0 Å². The van der Waals surface area contributed by atoms with E-state index in [1.807, 2.05) is 6.92 Å². The Morgan fingerprint density at radius 3 is 2.78 bits per heavy atom. The SMILES string of the molecule is CCNCc1cc(S(=O)(=O)NCC2CC2)c(C)o1. The molecule has 0 saturated heterocycles. The Labute approximate surface area is 108 Å². The van der Waals surface area contributed by atoms with Gasteiger partial charge in [-0.05, 0) is 32.2 Å². The number of hydrogen-bond donors (Lipinski definition) is 2. The fourth-order valence-electron chi connectivity index (χ4n) is 1.75. The highest BCUT2D eigenvalue weighted by Crippen LogP contribution is 2.28. The van der Waals surface area contributed by atoms with Crippen molar-refractivity contribution in [1.82, 2.24) is 10.0 Å². The zero-order valence-electron chi connectivity index (χ0n) is 10.8. The van der Waals surface area contributed by atoms with E-state index in [0.29, 0.717) is 30.5 Å². The molecule has 1 heterocycles. The van der Waals surface area contributed by atoms with Gasteiger partial charge in [0.1, 0.15) is 16.4 Å². The predicted octanol–water partition coefficient (Wildman–Crippen LogP) is 1.39. The first kappa shape index (κ1) is 13.6. The lowest BCUT2D eigenvalue weighted by molar-refractivity contribution is 0.460. The Hall–Kier alpha value is -0.850. The number of rotatable bonds is 7. The van der Waals surface area contributed by atoms with Crippen molar-refractivity contribution in [3.8, 4) is 0 Å². The lowest BCUT2D eigenvalue weighted by Gasteiger charge is -2.03. The average Bonchev–Trinajstić information content (AvgIpc) is 3.07. The molecule has 0 amide bonds. The van der Waals surface area contributed by atoms with E-state index in [1.165, 1.54) is 0 Å². The third-order valence-electron chi connectivity index (χ3n) is 3.02. The molecular weight excluding hydrogens is 252 g/mol. The van der Waals surface area contributed by atoms with E-state index in [2.05, 4.69) is 10.0 Å². The standard InChI is InChI=1S/C12H20N2O3S/c1-3-13-8-11-6-12(9(2)17-11)18(15,16)14-7-10-4-5-10/h6,10,13-14H,3-5,7-8H2,1-2H3. The van der Waals surface area contributed by atoms with Crippen molar-refractivity contribution >= 4 is 10.0 Å². The summed E-state index contributed by atoms with van der Waals surface area (Å²) in [6.07, 6.45) is 2.25. The molecule has 1 aliphatic carbocycles. The highest BCUT2D eigenvalue weighted by atomic mass is 32.2. The maximum Gasteiger partial charge on any atom is 0.244 e. The predicted molar refractivity (Wildman–Crippen MR) is 68.7 cm³/mol. The van der Waals surface area contributed by atoms with Gasteiger partial charge in [0.2, 0.25) is 10.0 Å². The van der Waals surface area contributed by atoms with Crippen molar-refractivity contribution in [3.05, 3.63) is 17.6 Å². The van der Waals surface area contributed by atoms with Gasteiger partial charge < -0.3 is 9.73 Å². The van der Waals surface area contributed by atoms with Gasteiger partial charge in [0, 0.05) is 12.6 Å². The Balaban J connectivity index is 2.07. The number of furan rings is 1. The Morgan fingerprint density at radius 1 is 1.44 bits per heavy atom. The zero-order valence-corrected chi connectivity index (χ0v) is 11.6. The number of aryl methyl sites for hydroxylation is 1. The first-order chi connectivity index (χ1) is 8.53. The lowest BCUT2D eigenvalue weighted by Crippen LogP contribution is -2.26. The minimum atomic E-state index is -3.42. The molecule has 1 aromatic heterocycles. The van der Waals surface area contributed by atoms with E-state index >= 15 is 0 Å². The summed E-state index contributed by atoms with van der Waals surface area (Å²) in [6, 6.07) is 1.60. The van der Waals surface area contributed by atoms with Gasteiger partial charge in [-0.15, -0.1) is 0 Å². The van der Waals surface area contributed by atoms with Crippen LogP contribution < -0.4 is 10.0 Å². The monoisotopic (exact) mass is 272 g/mol. The third kappa shape index (κ3) is 3.34. The second kappa shape index (κ2) is 5.42. The summed E-state index contributed by atoms with van der Waals surface area (Å²) in [7, 11) is -3.42. The van der Waals surface area contributed by atoms with Crippen LogP contribution in [0.4, 0.5) is 0 Å². The van der Waals surface area contributed by atoms with Crippen LogP contribution in [0.2, 0.25) is 0 Å². The summed E-state index contributed by atoms with van der Waals surface area (Å²) in [6.45, 7) is 5.58. The van der Waals surface area contributed by atoms with Crippen LogP contribution in [0.25, 0.3) is 0 Å². The van der Waals surface area contributed by atoms with E-state index in [9.17, 15) is 8.42 Å². The molecule has 1 saturated carbocycles. The van der Waals surface area contributed by atoms with Crippen molar-refractivity contribution in [2.75, 3.05) is 13.1 Å². The first-order valence-corrected chi connectivity index (χ1v) is 7.81. The second-order valence-electron chi connectivity index (χ2n) is 4.71. The second-order valence-corrected chi connectivity index (χ2v) is 6.44. The summed E-state index contributed by atoms with van der Waals surface area (Å²) in [5.74, 6) is 1.63. The summed E-state index contributed by atoms with van der Waals surface area (Å²) in [4.78, 5) is 0.260. The van der Waals surface area contributed by atoms with Crippen molar-refractivity contribution in [1.29, 1.82) is 0 Å². The minimum Gasteiger partial charge on any atom is -0.464 e. The van der Waals surface area contributed by atoms with Crippen molar-refractivity contribution in [2.24, 2.45) is 5.92 Å². The molecule has 1 aromatic rings. The third-order valence-corrected chi connectivity index (χ3v) is 4.55. The molecule has 1 fully saturated rings. The van der Waals surface area contributed by atoms with Crippen LogP contribution in [0.15, 0.2) is 15.4 Å². The van der Waals surface area contributed by atoms with Crippen LogP contribution in [0.1, 0.15) is 31.3 Å². The van der Waals surface area contributed by atoms with Gasteiger partial charge in [0.15, 0.2) is 0 Å². The van der Waals surface area contributed by atoms with Crippen LogP contribution in [0.3, 0.4) is 0 Å². The molecule has 0 unspecified atom stereocenters. The normalized spacial score (nSPS) is 16.1. The first-order valence-electron chi connectivity index (χ1n) is 6.32. The molecule has 0 radical (unpaired) electrons. The number of sulfonamides is 1. The molecule has 2 rings (SSSR count). The van der Waals surface area contributed by atoms with Crippen LogP contribution in [-0.4, -0.2) is 21.5 Å². The van der Waals surface area contributed by atoms with Crippen molar-refractivity contribution in [3.63, 3.8) is 0 Å². The molecule has 102 valence electrons. The molecule has 0 aromatic carbocycles. The Bertz CT molecular complexity index is 503. The molecule has 0 atom stereocenters. The van der Waals surface area contributed by atoms with E-state index in [4.69, 9.17) is 4.42 Å². The molecule has 2 N–H and O–H groups in total. The Kier molecular flexibility index (Phi) is 4.09. The molecule has 6 heteroatoms. The van der Waals surface area contributed by atoms with Gasteiger partial charge in [-0.1, -0.05) is 6.92 Å². The van der Waals surface area contributed by atoms with Gasteiger partial charge >= 0.3 is 0 Å². The van der Waals surface area contributed by atoms with Gasteiger partial charge in [-0.2, -0.15) is 0 Å². The Morgan fingerprint density at radius 2 is 2.17 bits per heavy atom. The van der Waals surface area contributed by atoms with Crippen LogP contribution in [0, 0.1) is 12.8 Å². The summed E-state index contributed by atoms with van der Waals surface area (Å²) in [5.41, 5.74) is 0. The smallest absolute Gasteiger partial charge is 0.244 e. The quantitative estimate of drug-likeness (QED) is 0.787. The largest absolute Gasteiger partial charge is 0.464 e. The molecule has 0 aliphatic heterocycles. The topological polar surface area (TPSA) is 71.3 Å². The average molecular weight is 272 g/mol. The highest BCUT2D eigenvalue weighted by molar-refractivity contribution is 7.89. The lowest BCUT2D eigenvalue weighted by atomic mass is 10.4. The van der Waals surface area contributed by atoms with Gasteiger partial charge in [-0.25, -0.2) is 13.1 Å². The maximum atomic E-state index is 12.1. The zero-order chi connectivity index (χ0) is 13.2. The van der Waals surface area contributed by atoms with Crippen LogP contribution in [-0.2, 0) is 16.6 Å². The van der Waals surface area contributed by atoms with Crippen LogP contribution in [0.5, 0.6) is 0 Å². The molecule has 0 bridgehead atoms. The van der Waals surface area contributed by atoms with Gasteiger partial charge in [0.25, 0.3) is 0 Å². The van der Waals surface area contributed by atoms with E-state index in [0.717, 1.165) is 19.4 Å². The summed E-state index contributed by atoms with van der Waals surface area (Å²) in [5, 5.41) is 3.11. The number of hydrogen-bond acceptors (Lipinski definition) is 4. The molecule has 5 nitrogen and oxygen atoms in total. The summed E-state index contributed by atoms with van der Waals surface area (Å²) >= 11 is 0. The van der Waals surface area contributed by atoms with E-state index in [-0.39, 0.29) is 4.90 Å². The molecular formula is C12H20N2O3S. The fraction of sp³-hybridized carbons (Fsp3) is 0.667. The molecule has 1 aliphatic rings. The van der Waals surface area contributed by atoms with Gasteiger partial charge in [-0.3, -0.25) is 0 Å². The van der Waals surface area contributed by atoms with E-state index < -0.39 is 10.0 Å². The van der Waals surface area contributed by atoms with Crippen molar-refractivity contribution < 1.29 is 12.8 Å². The minimum absolute atomic E-state index is 0.260. The molecule has 0 spiro atoms. The number of nitrogens with one attached hydrogen (secondary N) is 2. The highest BCUT2D eigenvalue weighted by Gasteiger charge is 2.26. The summed E-state index contributed by atoms with van der Waals surface area (Å²) < 4.78 is 32.2. The maximum absolute atomic E-state index is 12.1. The van der Waals surface area contributed by atoms with Gasteiger partial charge in [0.05, 0.1) is 6.54 Å². The van der Waals surface area contributed by atoms with E-state index in [1.54, 1.807) is 13.0 Å². The molecule has 18 heavy (non-hydrogen) atoms. The van der Waals surface area contributed by atoms with Crippen molar-refractivity contribution in [2.45, 2.75) is 38.1 Å².